The number of rotatable bonds is 4. The SMILES string of the molecule is C/C(=N\c1ccc(Cl)cc1)c1cccc(/C(C)=N/c2ccc(Cl)cc2O)n1. The topological polar surface area (TPSA) is 57.8 Å². The van der Waals surface area contributed by atoms with Gasteiger partial charge in [-0.15, -0.1) is 0 Å². The summed E-state index contributed by atoms with van der Waals surface area (Å²) >= 11 is 11.8. The number of aromatic hydroxyl groups is 1. The minimum absolute atomic E-state index is 0.0264. The summed E-state index contributed by atoms with van der Waals surface area (Å²) < 4.78 is 0. The van der Waals surface area contributed by atoms with Gasteiger partial charge in [0.2, 0.25) is 0 Å². The highest BCUT2D eigenvalue weighted by molar-refractivity contribution is 6.31. The first-order valence-corrected chi connectivity index (χ1v) is 9.00. The predicted molar refractivity (Wildman–Crippen MR) is 113 cm³/mol. The quantitative estimate of drug-likeness (QED) is 0.519. The van der Waals surface area contributed by atoms with Crippen LogP contribution in [-0.2, 0) is 0 Å². The monoisotopic (exact) mass is 397 g/mol. The second-order valence-electron chi connectivity index (χ2n) is 5.91. The van der Waals surface area contributed by atoms with Crippen LogP contribution in [0.5, 0.6) is 5.75 Å². The van der Waals surface area contributed by atoms with Gasteiger partial charge in [-0.3, -0.25) is 4.99 Å². The average molecular weight is 398 g/mol. The Morgan fingerprint density at radius 3 is 2.04 bits per heavy atom. The molecule has 1 aromatic heterocycles. The molecule has 2 aromatic carbocycles. The van der Waals surface area contributed by atoms with E-state index in [1.165, 1.54) is 6.07 Å². The number of aliphatic imine (C=N–C) groups is 2. The third-order valence-corrected chi connectivity index (χ3v) is 4.33. The van der Waals surface area contributed by atoms with E-state index in [-0.39, 0.29) is 5.75 Å². The molecule has 136 valence electrons. The van der Waals surface area contributed by atoms with Crippen LogP contribution >= 0.6 is 23.2 Å². The number of hydrogen-bond donors (Lipinski definition) is 1. The molecule has 27 heavy (non-hydrogen) atoms. The Morgan fingerprint density at radius 1 is 0.815 bits per heavy atom. The van der Waals surface area contributed by atoms with Crippen molar-refractivity contribution in [1.82, 2.24) is 4.98 Å². The Hall–Kier alpha value is -2.69. The summed E-state index contributed by atoms with van der Waals surface area (Å²) in [6, 6.07) is 17.8. The molecule has 0 aliphatic rings. The van der Waals surface area contributed by atoms with Crippen molar-refractivity contribution >= 4 is 46.0 Å². The van der Waals surface area contributed by atoms with Crippen molar-refractivity contribution in [2.24, 2.45) is 9.98 Å². The van der Waals surface area contributed by atoms with E-state index in [4.69, 9.17) is 23.2 Å². The molecule has 3 aromatic rings. The van der Waals surface area contributed by atoms with Gasteiger partial charge in [0.05, 0.1) is 28.5 Å². The van der Waals surface area contributed by atoms with Crippen molar-refractivity contribution in [3.8, 4) is 5.75 Å². The molecule has 0 fully saturated rings. The maximum Gasteiger partial charge on any atom is 0.142 e. The van der Waals surface area contributed by atoms with Gasteiger partial charge in [-0.05, 0) is 62.4 Å². The summed E-state index contributed by atoms with van der Waals surface area (Å²) in [7, 11) is 0. The van der Waals surface area contributed by atoms with E-state index < -0.39 is 0 Å². The molecular weight excluding hydrogens is 381 g/mol. The number of phenolic OH excluding ortho intramolecular Hbond substituents is 1. The molecule has 0 bridgehead atoms. The van der Waals surface area contributed by atoms with Gasteiger partial charge in [0.25, 0.3) is 0 Å². The maximum atomic E-state index is 9.97. The van der Waals surface area contributed by atoms with E-state index in [0.29, 0.717) is 27.1 Å². The van der Waals surface area contributed by atoms with E-state index in [1.807, 2.05) is 44.2 Å². The minimum Gasteiger partial charge on any atom is -0.506 e. The lowest BCUT2D eigenvalue weighted by Gasteiger charge is -2.06. The lowest BCUT2D eigenvalue weighted by Crippen LogP contribution is -2.04. The largest absolute Gasteiger partial charge is 0.506 e. The second-order valence-corrected chi connectivity index (χ2v) is 6.78. The molecule has 0 aliphatic heterocycles. The van der Waals surface area contributed by atoms with Crippen LogP contribution in [0, 0.1) is 0 Å². The number of nitrogens with zero attached hydrogens (tertiary/aromatic N) is 3. The summed E-state index contributed by atoms with van der Waals surface area (Å²) in [4.78, 5) is 13.7. The van der Waals surface area contributed by atoms with E-state index in [9.17, 15) is 5.11 Å². The van der Waals surface area contributed by atoms with Crippen molar-refractivity contribution in [2.75, 3.05) is 0 Å². The fraction of sp³-hybridized carbons (Fsp3) is 0.0952. The van der Waals surface area contributed by atoms with E-state index >= 15 is 0 Å². The van der Waals surface area contributed by atoms with Crippen molar-refractivity contribution in [3.05, 3.63) is 82.1 Å². The number of pyridine rings is 1. The third-order valence-electron chi connectivity index (χ3n) is 3.84. The first-order valence-electron chi connectivity index (χ1n) is 8.25. The highest BCUT2D eigenvalue weighted by Crippen LogP contribution is 2.29. The molecule has 0 atom stereocenters. The number of benzene rings is 2. The molecule has 0 saturated heterocycles. The zero-order valence-electron chi connectivity index (χ0n) is 14.8. The van der Waals surface area contributed by atoms with Crippen LogP contribution in [0.4, 0.5) is 11.4 Å². The molecule has 1 N–H and O–H groups in total. The number of aromatic nitrogens is 1. The second kappa shape index (κ2) is 8.33. The first kappa shape index (κ1) is 19.1. The fourth-order valence-electron chi connectivity index (χ4n) is 2.43. The first-order chi connectivity index (χ1) is 12.9. The van der Waals surface area contributed by atoms with Crippen LogP contribution in [-0.4, -0.2) is 21.5 Å². The van der Waals surface area contributed by atoms with Gasteiger partial charge in [0.1, 0.15) is 11.4 Å². The highest BCUT2D eigenvalue weighted by atomic mass is 35.5. The third kappa shape index (κ3) is 4.94. The molecule has 0 amide bonds. The summed E-state index contributed by atoms with van der Waals surface area (Å²) in [5, 5.41) is 11.1. The van der Waals surface area contributed by atoms with Crippen LogP contribution < -0.4 is 0 Å². The Morgan fingerprint density at radius 2 is 1.41 bits per heavy atom. The number of hydrogen-bond acceptors (Lipinski definition) is 4. The molecule has 0 saturated carbocycles. The molecule has 1 heterocycles. The van der Waals surface area contributed by atoms with Crippen molar-refractivity contribution < 1.29 is 5.11 Å². The van der Waals surface area contributed by atoms with Crippen LogP contribution in [0.15, 0.2) is 70.6 Å². The standard InChI is InChI=1S/C21H17Cl2N3O/c1-13(24-17-9-6-15(22)7-10-17)18-4-3-5-19(26-18)14(2)25-20-11-8-16(23)12-21(20)27/h3-12,27H,1-2H3/b24-13+,25-14+. The van der Waals surface area contributed by atoms with Gasteiger partial charge >= 0.3 is 0 Å². The van der Waals surface area contributed by atoms with Gasteiger partial charge < -0.3 is 5.11 Å². The molecule has 0 aliphatic carbocycles. The van der Waals surface area contributed by atoms with E-state index in [0.717, 1.165) is 17.1 Å². The van der Waals surface area contributed by atoms with Crippen molar-refractivity contribution in [1.29, 1.82) is 0 Å². The Bertz CT molecular complexity index is 1030. The van der Waals surface area contributed by atoms with Gasteiger partial charge in [0, 0.05) is 16.1 Å². The van der Waals surface area contributed by atoms with E-state index in [1.54, 1.807) is 24.3 Å². The van der Waals surface area contributed by atoms with Gasteiger partial charge in [-0.25, -0.2) is 9.98 Å². The molecule has 0 spiro atoms. The van der Waals surface area contributed by atoms with E-state index in [2.05, 4.69) is 15.0 Å². The lowest BCUT2D eigenvalue weighted by atomic mass is 10.2. The smallest absolute Gasteiger partial charge is 0.142 e. The van der Waals surface area contributed by atoms with Crippen LogP contribution in [0.25, 0.3) is 0 Å². The maximum absolute atomic E-state index is 9.97. The summed E-state index contributed by atoms with van der Waals surface area (Å²) in [5.41, 5.74) is 4.15. The fourth-order valence-corrected chi connectivity index (χ4v) is 2.73. The number of halogens is 2. The Kier molecular flexibility index (Phi) is 5.89. The van der Waals surface area contributed by atoms with Crippen molar-refractivity contribution in [2.45, 2.75) is 13.8 Å². The van der Waals surface area contributed by atoms with Crippen molar-refractivity contribution in [3.63, 3.8) is 0 Å². The highest BCUT2D eigenvalue weighted by Gasteiger charge is 2.07. The zero-order chi connectivity index (χ0) is 19.4. The summed E-state index contributed by atoms with van der Waals surface area (Å²) in [5.74, 6) is 0.0264. The normalized spacial score (nSPS) is 12.3. The molecular formula is C21H17Cl2N3O. The molecule has 0 unspecified atom stereocenters. The minimum atomic E-state index is 0.0264. The molecule has 0 radical (unpaired) electrons. The van der Waals surface area contributed by atoms with Gasteiger partial charge in [0.15, 0.2) is 0 Å². The average Bonchev–Trinajstić information content (AvgIpc) is 2.66. The predicted octanol–water partition coefficient (Wildman–Crippen LogP) is 6.38. The molecule has 4 nitrogen and oxygen atoms in total. The molecule has 3 rings (SSSR count). The Balaban J connectivity index is 1.90. The summed E-state index contributed by atoms with van der Waals surface area (Å²) in [6.45, 7) is 3.74. The van der Waals surface area contributed by atoms with Gasteiger partial charge in [-0.2, -0.15) is 0 Å². The zero-order valence-corrected chi connectivity index (χ0v) is 16.3. The van der Waals surface area contributed by atoms with Gasteiger partial charge in [-0.1, -0.05) is 29.3 Å². The van der Waals surface area contributed by atoms with Crippen LogP contribution in [0.1, 0.15) is 25.2 Å². The molecule has 6 heteroatoms. The Labute approximate surface area is 167 Å². The summed E-state index contributed by atoms with van der Waals surface area (Å²) in [6.07, 6.45) is 0. The van der Waals surface area contributed by atoms with Crippen LogP contribution in [0.3, 0.4) is 0 Å². The number of phenols is 1. The van der Waals surface area contributed by atoms with Crippen LogP contribution in [0.2, 0.25) is 10.0 Å². The lowest BCUT2D eigenvalue weighted by molar-refractivity contribution is 0.477.